The van der Waals surface area contributed by atoms with Crippen LogP contribution in [0.4, 0.5) is 5.69 Å². The van der Waals surface area contributed by atoms with E-state index >= 15 is 0 Å². The number of carbonyl (C=O) groups is 1. The summed E-state index contributed by atoms with van der Waals surface area (Å²) in [4.78, 5) is 14.6. The van der Waals surface area contributed by atoms with Crippen molar-refractivity contribution in [3.8, 4) is 5.75 Å². The minimum absolute atomic E-state index is 0.0453. The highest BCUT2D eigenvalue weighted by Crippen LogP contribution is 2.32. The predicted octanol–water partition coefficient (Wildman–Crippen LogP) is 2.96. The zero-order valence-electron chi connectivity index (χ0n) is 14.8. The molecule has 2 aromatic rings. The number of rotatable bonds is 6. The van der Waals surface area contributed by atoms with E-state index in [4.69, 9.17) is 22.1 Å². The number of nitrogens with zero attached hydrogens (tertiary/aromatic N) is 1. The van der Waals surface area contributed by atoms with Crippen LogP contribution < -0.4 is 15.8 Å². The Morgan fingerprint density at radius 3 is 2.73 bits per heavy atom. The number of amides is 1. The van der Waals surface area contributed by atoms with E-state index in [0.717, 1.165) is 0 Å². The van der Waals surface area contributed by atoms with E-state index in [1.807, 2.05) is 23.1 Å². The van der Waals surface area contributed by atoms with Crippen molar-refractivity contribution < 1.29 is 9.53 Å². The Morgan fingerprint density at radius 2 is 2.04 bits per heavy atom. The molecule has 26 heavy (non-hydrogen) atoms. The van der Waals surface area contributed by atoms with Crippen LogP contribution in [0, 0.1) is 5.92 Å². The molecule has 3 rings (SSSR count). The molecular formula is C20H24ClN3O2. The molecule has 5 nitrogen and oxygen atoms in total. The van der Waals surface area contributed by atoms with Crippen molar-refractivity contribution in [3.63, 3.8) is 0 Å². The van der Waals surface area contributed by atoms with Gasteiger partial charge in [-0.2, -0.15) is 0 Å². The molecule has 0 spiro atoms. The smallest absolute Gasteiger partial charge is 0.241 e. The number of methoxy groups -OCH3 is 1. The lowest BCUT2D eigenvalue weighted by Crippen LogP contribution is -2.34. The number of nitrogens with two attached hydrogens (primary N) is 1. The average Bonchev–Trinajstić information content (AvgIpc) is 3.11. The second kappa shape index (κ2) is 8.43. The highest BCUT2D eigenvalue weighted by molar-refractivity contribution is 6.30. The van der Waals surface area contributed by atoms with Gasteiger partial charge in [0.25, 0.3) is 0 Å². The first-order chi connectivity index (χ1) is 12.6. The van der Waals surface area contributed by atoms with E-state index < -0.39 is 0 Å². The maximum atomic E-state index is 12.7. The summed E-state index contributed by atoms with van der Waals surface area (Å²) in [5, 5.41) is 3.73. The standard InChI is InChI=1S/C20H24ClN3O2/c1-26-19-8-7-16(21)9-18(19)23-11-20(25)24-12-15(10-22)17(13-24)14-5-3-2-4-6-14/h2-9,15,17,23H,10-13,22H2,1H3/t15-,17+/m1/s1. The molecule has 0 saturated carbocycles. The third-order valence-electron chi connectivity index (χ3n) is 4.92. The fourth-order valence-corrected chi connectivity index (χ4v) is 3.66. The Kier molecular flexibility index (Phi) is 6.01. The minimum atomic E-state index is 0.0453. The fourth-order valence-electron chi connectivity index (χ4n) is 3.49. The van der Waals surface area contributed by atoms with Gasteiger partial charge < -0.3 is 20.7 Å². The first-order valence-corrected chi connectivity index (χ1v) is 9.10. The average molecular weight is 374 g/mol. The number of carbonyl (C=O) groups excluding carboxylic acids is 1. The van der Waals surface area contributed by atoms with E-state index in [9.17, 15) is 4.79 Å². The van der Waals surface area contributed by atoms with Gasteiger partial charge in [0.2, 0.25) is 5.91 Å². The fraction of sp³-hybridized carbons (Fsp3) is 0.350. The van der Waals surface area contributed by atoms with Crippen molar-refractivity contribution in [1.82, 2.24) is 4.90 Å². The molecular weight excluding hydrogens is 350 g/mol. The molecule has 1 aliphatic rings. The molecule has 2 aromatic carbocycles. The summed E-state index contributed by atoms with van der Waals surface area (Å²) in [6.45, 7) is 2.14. The molecule has 3 N–H and O–H groups in total. The Morgan fingerprint density at radius 1 is 1.27 bits per heavy atom. The quantitative estimate of drug-likeness (QED) is 0.816. The number of halogens is 1. The minimum Gasteiger partial charge on any atom is -0.495 e. The second-order valence-corrected chi connectivity index (χ2v) is 6.95. The largest absolute Gasteiger partial charge is 0.495 e. The molecule has 2 atom stereocenters. The van der Waals surface area contributed by atoms with Gasteiger partial charge in [-0.05, 0) is 36.2 Å². The van der Waals surface area contributed by atoms with E-state index in [1.54, 1.807) is 25.3 Å². The Hall–Kier alpha value is -2.24. The van der Waals surface area contributed by atoms with E-state index in [0.29, 0.717) is 36.1 Å². The van der Waals surface area contributed by atoms with Gasteiger partial charge in [-0.15, -0.1) is 0 Å². The first kappa shape index (κ1) is 18.5. The summed E-state index contributed by atoms with van der Waals surface area (Å²) in [6.07, 6.45) is 0. The molecule has 1 fully saturated rings. The zero-order valence-corrected chi connectivity index (χ0v) is 15.6. The van der Waals surface area contributed by atoms with E-state index in [1.165, 1.54) is 5.56 Å². The van der Waals surface area contributed by atoms with Crippen LogP contribution in [0.2, 0.25) is 5.02 Å². The predicted molar refractivity (Wildman–Crippen MR) is 105 cm³/mol. The van der Waals surface area contributed by atoms with Crippen molar-refractivity contribution in [1.29, 1.82) is 0 Å². The van der Waals surface area contributed by atoms with Crippen molar-refractivity contribution in [2.24, 2.45) is 11.7 Å². The molecule has 0 radical (unpaired) electrons. The van der Waals surface area contributed by atoms with Crippen LogP contribution in [-0.2, 0) is 4.79 Å². The van der Waals surface area contributed by atoms with Crippen LogP contribution in [0.1, 0.15) is 11.5 Å². The number of anilines is 1. The summed E-state index contributed by atoms with van der Waals surface area (Å²) in [6, 6.07) is 15.6. The van der Waals surface area contributed by atoms with Crippen LogP contribution >= 0.6 is 11.6 Å². The number of hydrogen-bond acceptors (Lipinski definition) is 4. The highest BCUT2D eigenvalue weighted by Gasteiger charge is 2.35. The maximum absolute atomic E-state index is 12.7. The van der Waals surface area contributed by atoms with Gasteiger partial charge in [-0.25, -0.2) is 0 Å². The molecule has 1 saturated heterocycles. The molecule has 0 aromatic heterocycles. The van der Waals surface area contributed by atoms with Gasteiger partial charge in [0, 0.05) is 24.0 Å². The molecule has 1 aliphatic heterocycles. The monoisotopic (exact) mass is 373 g/mol. The van der Waals surface area contributed by atoms with Crippen LogP contribution in [0.15, 0.2) is 48.5 Å². The normalized spacial score (nSPS) is 19.4. The van der Waals surface area contributed by atoms with Crippen molar-refractivity contribution >= 4 is 23.2 Å². The Bertz CT molecular complexity index is 754. The van der Waals surface area contributed by atoms with Crippen molar-refractivity contribution in [2.75, 3.05) is 38.6 Å². The molecule has 0 aliphatic carbocycles. The molecule has 0 bridgehead atoms. The number of ether oxygens (including phenoxy) is 1. The summed E-state index contributed by atoms with van der Waals surface area (Å²) < 4.78 is 5.30. The third kappa shape index (κ3) is 4.11. The van der Waals surface area contributed by atoms with Gasteiger partial charge in [-0.3, -0.25) is 4.79 Å². The van der Waals surface area contributed by atoms with Gasteiger partial charge in [0.1, 0.15) is 5.75 Å². The second-order valence-electron chi connectivity index (χ2n) is 6.51. The number of benzene rings is 2. The zero-order chi connectivity index (χ0) is 18.5. The molecule has 1 amide bonds. The van der Waals surface area contributed by atoms with Crippen LogP contribution in [0.5, 0.6) is 5.75 Å². The van der Waals surface area contributed by atoms with Crippen LogP contribution in [0.25, 0.3) is 0 Å². The maximum Gasteiger partial charge on any atom is 0.241 e. The topological polar surface area (TPSA) is 67.6 Å². The molecule has 6 heteroatoms. The SMILES string of the molecule is COc1ccc(Cl)cc1NCC(=O)N1C[C@@H](CN)[C@H](c2ccccc2)C1. The first-order valence-electron chi connectivity index (χ1n) is 8.72. The van der Waals surface area contributed by atoms with Crippen molar-refractivity contribution in [2.45, 2.75) is 5.92 Å². The summed E-state index contributed by atoms with van der Waals surface area (Å²) in [5.74, 6) is 1.27. The van der Waals surface area contributed by atoms with E-state index in [2.05, 4.69) is 17.4 Å². The van der Waals surface area contributed by atoms with Gasteiger partial charge >= 0.3 is 0 Å². The van der Waals surface area contributed by atoms with E-state index in [-0.39, 0.29) is 24.3 Å². The number of hydrogen-bond donors (Lipinski definition) is 2. The third-order valence-corrected chi connectivity index (χ3v) is 5.15. The lowest BCUT2D eigenvalue weighted by molar-refractivity contribution is -0.128. The van der Waals surface area contributed by atoms with Crippen LogP contribution in [-0.4, -0.2) is 44.1 Å². The highest BCUT2D eigenvalue weighted by atomic mass is 35.5. The number of likely N-dealkylation sites (tertiary alicyclic amines) is 1. The molecule has 1 heterocycles. The number of nitrogens with one attached hydrogen (secondary N) is 1. The van der Waals surface area contributed by atoms with Gasteiger partial charge in [-0.1, -0.05) is 41.9 Å². The van der Waals surface area contributed by atoms with Crippen LogP contribution in [0.3, 0.4) is 0 Å². The summed E-state index contributed by atoms with van der Waals surface area (Å²) in [7, 11) is 1.59. The summed E-state index contributed by atoms with van der Waals surface area (Å²) in [5.41, 5.74) is 7.91. The lowest BCUT2D eigenvalue weighted by Gasteiger charge is -2.18. The molecule has 0 unspecified atom stereocenters. The van der Waals surface area contributed by atoms with Gasteiger partial charge in [0.15, 0.2) is 0 Å². The summed E-state index contributed by atoms with van der Waals surface area (Å²) >= 11 is 6.04. The lowest BCUT2D eigenvalue weighted by atomic mass is 9.89. The molecule has 138 valence electrons. The van der Waals surface area contributed by atoms with Gasteiger partial charge in [0.05, 0.1) is 19.3 Å². The van der Waals surface area contributed by atoms with Crippen molar-refractivity contribution in [3.05, 3.63) is 59.1 Å². The Balaban J connectivity index is 1.65. The Labute approximate surface area is 159 Å².